The Morgan fingerprint density at radius 2 is 1.67 bits per heavy atom. The van der Waals surface area contributed by atoms with Crippen molar-refractivity contribution >= 4 is 5.97 Å². The van der Waals surface area contributed by atoms with E-state index in [1.54, 1.807) is 0 Å². The van der Waals surface area contributed by atoms with Crippen LogP contribution >= 0.6 is 0 Å². The third-order valence-corrected chi connectivity index (χ3v) is 13.1. The van der Waals surface area contributed by atoms with Crippen molar-refractivity contribution in [1.82, 2.24) is 0 Å². The van der Waals surface area contributed by atoms with Gasteiger partial charge in [-0.05, 0) is 114 Å². The van der Waals surface area contributed by atoms with E-state index in [4.69, 9.17) is 9.47 Å². The molecule has 0 aromatic rings. The van der Waals surface area contributed by atoms with Gasteiger partial charge in [0.2, 0.25) is 0 Å². The van der Waals surface area contributed by atoms with Crippen molar-refractivity contribution in [1.29, 1.82) is 0 Å². The first kappa shape index (κ1) is 26.9. The fourth-order valence-electron chi connectivity index (χ4n) is 10.6. The maximum Gasteiger partial charge on any atom is 0.303 e. The number of fused-ring (bicyclic) bond motifs is 6. The van der Waals surface area contributed by atoms with Gasteiger partial charge in [-0.25, -0.2) is 0 Å². The molecule has 1 saturated heterocycles. The molecule has 5 rings (SSSR count). The van der Waals surface area contributed by atoms with Crippen LogP contribution in [0.25, 0.3) is 0 Å². The van der Waals surface area contributed by atoms with Crippen LogP contribution in [0, 0.1) is 46.3 Å². The van der Waals surface area contributed by atoms with E-state index < -0.39 is 11.2 Å². The SMILES string of the molecule is CC(=O)O[C@H]([C@@H](C)[C@H](C)C(C)(C)O)[C@]1(C)O[C@]12CC[C@H]1[C@@H]3CC[C@H]4C[C@H](O)CC[C@]4(C)[C@H]3CC[C@@]12C. The molecule has 5 heteroatoms. The van der Waals surface area contributed by atoms with Gasteiger partial charge in [-0.1, -0.05) is 27.7 Å². The Bertz CT molecular complexity index is 881. The zero-order valence-electron chi connectivity index (χ0n) is 24.1. The average Bonchev–Trinajstić information content (AvgIpc) is 3.30. The summed E-state index contributed by atoms with van der Waals surface area (Å²) in [6.45, 7) is 16.6. The largest absolute Gasteiger partial charge is 0.459 e. The molecule has 0 bridgehead atoms. The second-order valence-corrected chi connectivity index (χ2v) is 14.9. The van der Waals surface area contributed by atoms with E-state index in [2.05, 4.69) is 34.6 Å². The highest BCUT2D eigenvalue weighted by Gasteiger charge is 2.83. The summed E-state index contributed by atoms with van der Waals surface area (Å²) in [5.41, 5.74) is -1.20. The molecule has 0 aromatic carbocycles. The smallest absolute Gasteiger partial charge is 0.303 e. The Hall–Kier alpha value is -0.650. The van der Waals surface area contributed by atoms with Gasteiger partial charge in [0.1, 0.15) is 17.3 Å². The predicted octanol–water partition coefficient (Wildman–Crippen LogP) is 5.89. The zero-order valence-corrected chi connectivity index (χ0v) is 24.1. The molecule has 4 aliphatic carbocycles. The molecule has 1 spiro atoms. The normalized spacial score (nSPS) is 50.4. The van der Waals surface area contributed by atoms with Crippen LogP contribution in [0.1, 0.15) is 113 Å². The van der Waals surface area contributed by atoms with Crippen LogP contribution in [0.5, 0.6) is 0 Å². The number of ether oxygens (including phenoxy) is 2. The monoisotopic (exact) mass is 504 g/mol. The van der Waals surface area contributed by atoms with Gasteiger partial charge in [0.15, 0.2) is 0 Å². The second-order valence-electron chi connectivity index (χ2n) is 14.9. The highest BCUT2D eigenvalue weighted by atomic mass is 16.7. The van der Waals surface area contributed by atoms with Gasteiger partial charge in [-0.2, -0.15) is 0 Å². The molecule has 5 fully saturated rings. The molecule has 1 aliphatic heterocycles. The lowest BCUT2D eigenvalue weighted by Crippen LogP contribution is -2.57. The number of hydrogen-bond donors (Lipinski definition) is 2. The van der Waals surface area contributed by atoms with Crippen LogP contribution in [0.4, 0.5) is 0 Å². The maximum atomic E-state index is 12.3. The summed E-state index contributed by atoms with van der Waals surface area (Å²) < 4.78 is 13.0. The van der Waals surface area contributed by atoms with E-state index in [1.165, 1.54) is 45.4 Å². The van der Waals surface area contributed by atoms with Crippen LogP contribution in [0.15, 0.2) is 0 Å². The van der Waals surface area contributed by atoms with Crippen LogP contribution in [-0.4, -0.2) is 45.2 Å². The summed E-state index contributed by atoms with van der Waals surface area (Å²) in [6.07, 6.45) is 9.83. The minimum atomic E-state index is -0.863. The molecule has 4 saturated carbocycles. The minimum Gasteiger partial charge on any atom is -0.459 e. The van der Waals surface area contributed by atoms with E-state index in [0.717, 1.165) is 31.1 Å². The maximum absolute atomic E-state index is 12.3. The van der Waals surface area contributed by atoms with Crippen LogP contribution < -0.4 is 0 Å². The summed E-state index contributed by atoms with van der Waals surface area (Å²) >= 11 is 0. The fraction of sp³-hybridized carbons (Fsp3) is 0.968. The summed E-state index contributed by atoms with van der Waals surface area (Å²) in [5, 5.41) is 21.2. The Balaban J connectivity index is 1.42. The topological polar surface area (TPSA) is 79.3 Å². The number of carbonyl (C=O) groups excluding carboxylic acids is 1. The predicted molar refractivity (Wildman–Crippen MR) is 140 cm³/mol. The Labute approximate surface area is 219 Å². The molecule has 5 aliphatic rings. The fourth-order valence-corrected chi connectivity index (χ4v) is 10.6. The van der Waals surface area contributed by atoms with Crippen molar-refractivity contribution in [3.05, 3.63) is 0 Å². The van der Waals surface area contributed by atoms with Gasteiger partial charge in [0, 0.05) is 18.3 Å². The van der Waals surface area contributed by atoms with Gasteiger partial charge in [-0.15, -0.1) is 0 Å². The lowest BCUT2D eigenvalue weighted by molar-refractivity contribution is -0.157. The van der Waals surface area contributed by atoms with Gasteiger partial charge >= 0.3 is 5.97 Å². The molecule has 2 N–H and O–H groups in total. The average molecular weight is 505 g/mol. The van der Waals surface area contributed by atoms with E-state index in [0.29, 0.717) is 17.3 Å². The number of aliphatic hydroxyl groups is 2. The first-order valence-corrected chi connectivity index (χ1v) is 14.9. The molecule has 5 nitrogen and oxygen atoms in total. The third kappa shape index (κ3) is 3.61. The first-order valence-electron chi connectivity index (χ1n) is 14.9. The Kier molecular flexibility index (Phi) is 6.30. The van der Waals surface area contributed by atoms with Crippen molar-refractivity contribution < 1.29 is 24.5 Å². The minimum absolute atomic E-state index is 0.0275. The van der Waals surface area contributed by atoms with Crippen LogP contribution in [-0.2, 0) is 14.3 Å². The number of carbonyl (C=O) groups is 1. The lowest BCUT2D eigenvalue weighted by atomic mass is 9.44. The highest BCUT2D eigenvalue weighted by Crippen LogP contribution is 2.77. The molecule has 0 aromatic heterocycles. The summed E-state index contributed by atoms with van der Waals surface area (Å²) in [4.78, 5) is 12.3. The Morgan fingerprint density at radius 1 is 1.00 bits per heavy atom. The molecule has 36 heavy (non-hydrogen) atoms. The summed E-state index contributed by atoms with van der Waals surface area (Å²) in [5.74, 6) is 2.45. The number of epoxide rings is 1. The third-order valence-electron chi connectivity index (χ3n) is 13.1. The second kappa shape index (κ2) is 8.42. The van der Waals surface area contributed by atoms with Gasteiger partial charge in [-0.3, -0.25) is 4.79 Å². The molecule has 206 valence electrons. The van der Waals surface area contributed by atoms with Gasteiger partial charge < -0.3 is 19.7 Å². The molecule has 0 radical (unpaired) electrons. The number of rotatable bonds is 5. The standard InChI is InChI=1S/C31H52O5/c1-18(19(2)27(4,5)34)26(35-20(3)32)30(8)31(36-30)16-13-25-23-10-9-21-17-22(33)11-14-28(21,6)24(23)12-15-29(25,31)7/h18-19,21-26,33-34H,9-17H2,1-8H3/t18-,19-,21-,22+,23+,24-,25-,26+,28-,29-,30-,31-/m0/s1. The molecule has 1 heterocycles. The van der Waals surface area contributed by atoms with E-state index in [1.807, 2.05) is 13.8 Å². The van der Waals surface area contributed by atoms with Crippen molar-refractivity contribution in [3.63, 3.8) is 0 Å². The molecular formula is C31H52O5. The van der Waals surface area contributed by atoms with Gasteiger partial charge in [0.05, 0.1) is 11.7 Å². The summed E-state index contributed by atoms with van der Waals surface area (Å²) in [6, 6.07) is 0. The van der Waals surface area contributed by atoms with Crippen molar-refractivity contribution in [2.45, 2.75) is 142 Å². The van der Waals surface area contributed by atoms with Crippen molar-refractivity contribution in [2.75, 3.05) is 0 Å². The van der Waals surface area contributed by atoms with E-state index in [-0.39, 0.29) is 41.0 Å². The lowest BCUT2D eigenvalue weighted by Gasteiger charge is -2.61. The van der Waals surface area contributed by atoms with E-state index >= 15 is 0 Å². The molecule has 0 unspecified atom stereocenters. The quantitative estimate of drug-likeness (QED) is 0.360. The molecule has 0 amide bonds. The number of aliphatic hydroxyl groups excluding tert-OH is 1. The van der Waals surface area contributed by atoms with Crippen molar-refractivity contribution in [3.8, 4) is 0 Å². The number of hydrogen-bond acceptors (Lipinski definition) is 5. The van der Waals surface area contributed by atoms with Crippen LogP contribution in [0.2, 0.25) is 0 Å². The first-order chi connectivity index (χ1) is 16.6. The Morgan fingerprint density at radius 3 is 2.31 bits per heavy atom. The van der Waals surface area contributed by atoms with Gasteiger partial charge in [0.25, 0.3) is 0 Å². The summed E-state index contributed by atoms with van der Waals surface area (Å²) in [7, 11) is 0. The number of esters is 1. The zero-order chi connectivity index (χ0) is 26.5. The molecular weight excluding hydrogens is 452 g/mol. The highest BCUT2D eigenvalue weighted by molar-refractivity contribution is 5.66. The van der Waals surface area contributed by atoms with E-state index in [9.17, 15) is 15.0 Å². The van der Waals surface area contributed by atoms with Crippen molar-refractivity contribution in [2.24, 2.45) is 46.3 Å². The van der Waals surface area contributed by atoms with Crippen LogP contribution in [0.3, 0.4) is 0 Å². The molecule has 12 atom stereocenters.